The fourth-order valence-corrected chi connectivity index (χ4v) is 1.29. The number of anilines is 3. The third-order valence-electron chi connectivity index (χ3n) is 2.03. The summed E-state index contributed by atoms with van der Waals surface area (Å²) in [5.41, 5.74) is 7.87. The van der Waals surface area contributed by atoms with Gasteiger partial charge in [-0.25, -0.2) is 5.84 Å². The first kappa shape index (κ1) is 12.5. The third-order valence-corrected chi connectivity index (χ3v) is 2.03. The minimum atomic E-state index is -0.393. The highest BCUT2D eigenvalue weighted by molar-refractivity contribution is 5.50. The van der Waals surface area contributed by atoms with E-state index in [1.807, 2.05) is 6.92 Å². The molecule has 7 nitrogen and oxygen atoms in total. The summed E-state index contributed by atoms with van der Waals surface area (Å²) >= 11 is 0. The van der Waals surface area contributed by atoms with E-state index in [0.717, 1.165) is 12.8 Å². The van der Waals surface area contributed by atoms with Gasteiger partial charge in [0.2, 0.25) is 5.95 Å². The molecule has 0 aliphatic heterocycles. The van der Waals surface area contributed by atoms with Crippen molar-refractivity contribution in [3.05, 3.63) is 6.07 Å². The third kappa shape index (κ3) is 3.87. The van der Waals surface area contributed by atoms with E-state index in [2.05, 4.69) is 20.7 Å². The summed E-state index contributed by atoms with van der Waals surface area (Å²) in [5, 5.41) is 12.5. The molecule has 1 unspecified atom stereocenters. The first-order valence-corrected chi connectivity index (χ1v) is 5.18. The van der Waals surface area contributed by atoms with E-state index < -0.39 is 6.10 Å². The fourth-order valence-electron chi connectivity index (χ4n) is 1.29. The van der Waals surface area contributed by atoms with Crippen molar-refractivity contribution in [1.82, 2.24) is 9.97 Å². The number of rotatable bonds is 6. The standard InChI is InChI=1S/C9H18N6O/c1-2-3-6(16)5-12-7-4-8(15-11)14-9(10)13-7/h4,6,16H,2-3,5,11H2,1H3,(H4,10,12,13,14,15). The van der Waals surface area contributed by atoms with Crippen LogP contribution in [-0.2, 0) is 0 Å². The van der Waals surface area contributed by atoms with Crippen molar-refractivity contribution in [3.63, 3.8) is 0 Å². The molecule has 16 heavy (non-hydrogen) atoms. The number of hydrazine groups is 1. The minimum Gasteiger partial charge on any atom is -0.391 e. The first-order chi connectivity index (χ1) is 7.65. The Hall–Kier alpha value is -1.60. The van der Waals surface area contributed by atoms with Gasteiger partial charge in [-0.2, -0.15) is 9.97 Å². The lowest BCUT2D eigenvalue weighted by molar-refractivity contribution is 0.176. The second kappa shape index (κ2) is 6.09. The van der Waals surface area contributed by atoms with Gasteiger partial charge >= 0.3 is 0 Å². The molecular weight excluding hydrogens is 208 g/mol. The van der Waals surface area contributed by atoms with Gasteiger partial charge in [-0.05, 0) is 6.42 Å². The molecule has 0 fully saturated rings. The van der Waals surface area contributed by atoms with Gasteiger partial charge in [0, 0.05) is 12.6 Å². The smallest absolute Gasteiger partial charge is 0.223 e. The summed E-state index contributed by atoms with van der Waals surface area (Å²) in [6.07, 6.45) is 1.29. The van der Waals surface area contributed by atoms with Crippen LogP contribution >= 0.6 is 0 Å². The van der Waals surface area contributed by atoms with Crippen molar-refractivity contribution < 1.29 is 5.11 Å². The van der Waals surface area contributed by atoms with E-state index >= 15 is 0 Å². The lowest BCUT2D eigenvalue weighted by atomic mass is 10.2. The van der Waals surface area contributed by atoms with Gasteiger partial charge in [0.25, 0.3) is 0 Å². The predicted molar refractivity (Wildman–Crippen MR) is 63.7 cm³/mol. The highest BCUT2D eigenvalue weighted by Crippen LogP contribution is 2.11. The molecule has 1 aromatic rings. The molecule has 0 bridgehead atoms. The first-order valence-electron chi connectivity index (χ1n) is 5.18. The zero-order valence-corrected chi connectivity index (χ0v) is 9.27. The number of nitrogens with one attached hydrogen (secondary N) is 2. The van der Waals surface area contributed by atoms with E-state index in [0.29, 0.717) is 18.2 Å². The molecule has 1 atom stereocenters. The Morgan fingerprint density at radius 1 is 1.44 bits per heavy atom. The lowest BCUT2D eigenvalue weighted by Crippen LogP contribution is -2.20. The molecule has 0 spiro atoms. The Labute approximate surface area is 94.2 Å². The fraction of sp³-hybridized carbons (Fsp3) is 0.556. The van der Waals surface area contributed by atoms with Crippen molar-refractivity contribution >= 4 is 17.6 Å². The van der Waals surface area contributed by atoms with Crippen LogP contribution in [0, 0.1) is 0 Å². The molecule has 7 heteroatoms. The highest BCUT2D eigenvalue weighted by atomic mass is 16.3. The van der Waals surface area contributed by atoms with Crippen LogP contribution < -0.4 is 22.3 Å². The molecule has 1 aromatic heterocycles. The Morgan fingerprint density at radius 3 is 2.75 bits per heavy atom. The van der Waals surface area contributed by atoms with Crippen LogP contribution in [0.4, 0.5) is 17.6 Å². The van der Waals surface area contributed by atoms with Crippen LogP contribution in [0.1, 0.15) is 19.8 Å². The Kier molecular flexibility index (Phi) is 4.74. The molecular formula is C9H18N6O. The molecule has 0 aromatic carbocycles. The van der Waals surface area contributed by atoms with Crippen LogP contribution in [-0.4, -0.2) is 27.7 Å². The number of aromatic nitrogens is 2. The molecule has 1 heterocycles. The number of nitrogens with two attached hydrogens (primary N) is 2. The van der Waals surface area contributed by atoms with E-state index in [9.17, 15) is 5.11 Å². The van der Waals surface area contributed by atoms with Gasteiger partial charge in [-0.3, -0.25) is 0 Å². The van der Waals surface area contributed by atoms with Crippen molar-refractivity contribution in [2.45, 2.75) is 25.9 Å². The maximum atomic E-state index is 9.53. The van der Waals surface area contributed by atoms with Gasteiger partial charge in [0.05, 0.1) is 6.10 Å². The average Bonchev–Trinajstić information content (AvgIpc) is 2.26. The topological polar surface area (TPSA) is 122 Å². The molecule has 90 valence electrons. The van der Waals surface area contributed by atoms with Crippen molar-refractivity contribution in [2.75, 3.05) is 23.0 Å². The minimum absolute atomic E-state index is 0.128. The number of aliphatic hydroxyl groups excluding tert-OH is 1. The number of hydrogen-bond donors (Lipinski definition) is 5. The maximum absolute atomic E-state index is 9.53. The monoisotopic (exact) mass is 226 g/mol. The quantitative estimate of drug-likeness (QED) is 0.339. The van der Waals surface area contributed by atoms with Gasteiger partial charge in [-0.1, -0.05) is 13.3 Å². The summed E-state index contributed by atoms with van der Waals surface area (Å²) in [6.45, 7) is 2.44. The van der Waals surface area contributed by atoms with Gasteiger partial charge in [0.1, 0.15) is 11.6 Å². The van der Waals surface area contributed by atoms with Crippen molar-refractivity contribution in [3.8, 4) is 0 Å². The van der Waals surface area contributed by atoms with Crippen LogP contribution in [0.2, 0.25) is 0 Å². The second-order valence-corrected chi connectivity index (χ2v) is 3.46. The van der Waals surface area contributed by atoms with E-state index in [1.165, 1.54) is 0 Å². The summed E-state index contributed by atoms with van der Waals surface area (Å²) in [5.74, 6) is 6.31. The van der Waals surface area contributed by atoms with Crippen LogP contribution in [0.25, 0.3) is 0 Å². The normalized spacial score (nSPS) is 12.2. The van der Waals surface area contributed by atoms with Crippen LogP contribution in [0.3, 0.4) is 0 Å². The summed E-state index contributed by atoms with van der Waals surface area (Å²) < 4.78 is 0. The average molecular weight is 226 g/mol. The van der Waals surface area contributed by atoms with Crippen LogP contribution in [0.5, 0.6) is 0 Å². The Morgan fingerprint density at radius 2 is 2.12 bits per heavy atom. The Balaban J connectivity index is 2.56. The molecule has 7 N–H and O–H groups in total. The zero-order valence-electron chi connectivity index (χ0n) is 9.27. The molecule has 0 aliphatic rings. The summed E-state index contributed by atoms with van der Waals surface area (Å²) in [7, 11) is 0. The molecule has 0 aliphatic carbocycles. The zero-order chi connectivity index (χ0) is 12.0. The predicted octanol–water partition coefficient (Wildman–Crippen LogP) is -0.0827. The van der Waals surface area contributed by atoms with E-state index in [-0.39, 0.29) is 5.95 Å². The summed E-state index contributed by atoms with van der Waals surface area (Å²) in [6, 6.07) is 1.62. The van der Waals surface area contributed by atoms with E-state index in [1.54, 1.807) is 6.07 Å². The molecule has 0 radical (unpaired) electrons. The van der Waals surface area contributed by atoms with Gasteiger partial charge in [-0.15, -0.1) is 0 Å². The number of nitrogens with zero attached hydrogens (tertiary/aromatic N) is 2. The Bertz CT molecular complexity index is 332. The molecule has 1 rings (SSSR count). The highest BCUT2D eigenvalue weighted by Gasteiger charge is 2.04. The van der Waals surface area contributed by atoms with Crippen molar-refractivity contribution in [2.24, 2.45) is 5.84 Å². The molecule has 0 saturated carbocycles. The number of aliphatic hydroxyl groups is 1. The number of nitrogen functional groups attached to an aromatic ring is 2. The van der Waals surface area contributed by atoms with Crippen LogP contribution in [0.15, 0.2) is 6.07 Å². The second-order valence-electron chi connectivity index (χ2n) is 3.46. The maximum Gasteiger partial charge on any atom is 0.223 e. The van der Waals surface area contributed by atoms with Crippen molar-refractivity contribution in [1.29, 1.82) is 0 Å². The van der Waals surface area contributed by atoms with Gasteiger partial charge in [0.15, 0.2) is 0 Å². The lowest BCUT2D eigenvalue weighted by Gasteiger charge is -2.12. The number of hydrogen-bond acceptors (Lipinski definition) is 7. The van der Waals surface area contributed by atoms with Gasteiger partial charge < -0.3 is 21.6 Å². The largest absolute Gasteiger partial charge is 0.391 e. The van der Waals surface area contributed by atoms with E-state index in [4.69, 9.17) is 11.6 Å². The molecule has 0 saturated heterocycles. The SMILES string of the molecule is CCCC(O)CNc1cc(NN)nc(N)n1. The summed E-state index contributed by atoms with van der Waals surface area (Å²) in [4.78, 5) is 7.81. The molecule has 0 amide bonds.